The highest BCUT2D eigenvalue weighted by Crippen LogP contribution is 2.32. The molecule has 0 spiro atoms. The highest BCUT2D eigenvalue weighted by atomic mass is 16.2. The molecule has 0 aliphatic carbocycles. The first kappa shape index (κ1) is 15.8. The van der Waals surface area contributed by atoms with Crippen molar-refractivity contribution in [1.29, 1.82) is 5.26 Å². The first-order valence-corrected chi connectivity index (χ1v) is 8.22. The number of hydrogen-bond acceptors (Lipinski definition) is 5. The van der Waals surface area contributed by atoms with Gasteiger partial charge in [0.05, 0.1) is 11.1 Å². The smallest absolute Gasteiger partial charge is 0.259 e. The van der Waals surface area contributed by atoms with Gasteiger partial charge in [0.15, 0.2) is 0 Å². The van der Waals surface area contributed by atoms with E-state index < -0.39 is 0 Å². The lowest BCUT2D eigenvalue weighted by Gasteiger charge is -2.17. The van der Waals surface area contributed by atoms with Gasteiger partial charge in [-0.1, -0.05) is 0 Å². The summed E-state index contributed by atoms with van der Waals surface area (Å²) in [5.41, 5.74) is 4.05. The predicted octanol–water partition coefficient (Wildman–Crippen LogP) is 3.29. The van der Waals surface area contributed by atoms with Crippen LogP contribution < -0.4 is 10.2 Å². The summed E-state index contributed by atoms with van der Waals surface area (Å²) in [5.74, 6) is 0.636. The van der Waals surface area contributed by atoms with Crippen molar-refractivity contribution in [2.24, 2.45) is 0 Å². The molecular formula is C20H15N5O. The minimum Gasteiger partial charge on any atom is -0.340 e. The van der Waals surface area contributed by atoms with Crippen molar-refractivity contribution in [2.45, 2.75) is 6.42 Å². The Bertz CT molecular complexity index is 993. The van der Waals surface area contributed by atoms with Crippen molar-refractivity contribution < 1.29 is 4.79 Å². The van der Waals surface area contributed by atoms with Crippen LogP contribution in [0.5, 0.6) is 0 Å². The average molecular weight is 341 g/mol. The van der Waals surface area contributed by atoms with Gasteiger partial charge in [-0.3, -0.25) is 9.78 Å². The first-order chi connectivity index (χ1) is 12.7. The third-order valence-electron chi connectivity index (χ3n) is 4.29. The van der Waals surface area contributed by atoms with Crippen LogP contribution in [0.15, 0.2) is 61.1 Å². The zero-order valence-electron chi connectivity index (χ0n) is 13.9. The molecule has 6 nitrogen and oxygen atoms in total. The Balaban J connectivity index is 1.54. The molecule has 0 radical (unpaired) electrons. The number of rotatable bonds is 3. The maximum atomic E-state index is 12.7. The van der Waals surface area contributed by atoms with Crippen LogP contribution in [0.4, 0.5) is 17.2 Å². The van der Waals surface area contributed by atoms with Crippen LogP contribution in [0.1, 0.15) is 21.5 Å². The lowest BCUT2D eigenvalue weighted by Crippen LogP contribution is -2.28. The van der Waals surface area contributed by atoms with E-state index in [0.29, 0.717) is 23.5 Å². The quantitative estimate of drug-likeness (QED) is 0.790. The number of aromatic nitrogens is 2. The van der Waals surface area contributed by atoms with Crippen molar-refractivity contribution >= 4 is 23.1 Å². The van der Waals surface area contributed by atoms with Crippen molar-refractivity contribution in [1.82, 2.24) is 9.97 Å². The number of carbonyl (C=O) groups is 1. The molecule has 0 saturated heterocycles. The fraction of sp³-hybridized carbons (Fsp3) is 0.100. The summed E-state index contributed by atoms with van der Waals surface area (Å²) < 4.78 is 0. The zero-order chi connectivity index (χ0) is 17.9. The number of pyridine rings is 2. The molecule has 1 aliphatic heterocycles. The Morgan fingerprint density at radius 3 is 2.85 bits per heavy atom. The summed E-state index contributed by atoms with van der Waals surface area (Å²) >= 11 is 0. The summed E-state index contributed by atoms with van der Waals surface area (Å²) in [6.45, 7) is 0.654. The van der Waals surface area contributed by atoms with Crippen molar-refractivity contribution in [3.8, 4) is 6.07 Å². The van der Waals surface area contributed by atoms with Gasteiger partial charge in [-0.2, -0.15) is 5.26 Å². The molecule has 3 heterocycles. The van der Waals surface area contributed by atoms with Crippen LogP contribution in [-0.2, 0) is 6.42 Å². The molecule has 0 bridgehead atoms. The Kier molecular flexibility index (Phi) is 4.04. The largest absolute Gasteiger partial charge is 0.340 e. The molecule has 2 aromatic heterocycles. The third kappa shape index (κ3) is 2.98. The lowest BCUT2D eigenvalue weighted by atomic mass is 10.1. The van der Waals surface area contributed by atoms with Gasteiger partial charge >= 0.3 is 0 Å². The Morgan fingerprint density at radius 1 is 1.19 bits per heavy atom. The van der Waals surface area contributed by atoms with Gasteiger partial charge in [-0.25, -0.2) is 4.98 Å². The number of hydrogen-bond donors (Lipinski definition) is 1. The van der Waals surface area contributed by atoms with Gasteiger partial charge in [0.25, 0.3) is 5.91 Å². The Hall–Kier alpha value is -3.72. The van der Waals surface area contributed by atoms with Gasteiger partial charge in [-0.15, -0.1) is 0 Å². The molecule has 1 N–H and O–H groups in total. The van der Waals surface area contributed by atoms with Gasteiger partial charge < -0.3 is 10.2 Å². The minimum absolute atomic E-state index is 0.0358. The van der Waals surface area contributed by atoms with Crippen LogP contribution in [0.2, 0.25) is 0 Å². The average Bonchev–Trinajstić information content (AvgIpc) is 3.12. The van der Waals surface area contributed by atoms with Crippen LogP contribution in [0.25, 0.3) is 0 Å². The summed E-state index contributed by atoms with van der Waals surface area (Å²) in [7, 11) is 0. The summed E-state index contributed by atoms with van der Waals surface area (Å²) in [6, 6.07) is 15.0. The maximum absolute atomic E-state index is 12.7. The second-order valence-electron chi connectivity index (χ2n) is 5.96. The summed E-state index contributed by atoms with van der Waals surface area (Å²) in [5, 5.41) is 12.1. The van der Waals surface area contributed by atoms with Gasteiger partial charge in [-0.05, 0) is 54.4 Å². The predicted molar refractivity (Wildman–Crippen MR) is 98.3 cm³/mol. The van der Waals surface area contributed by atoms with Crippen molar-refractivity contribution in [2.75, 3.05) is 16.8 Å². The molecule has 0 fully saturated rings. The van der Waals surface area contributed by atoms with Gasteiger partial charge in [0, 0.05) is 36.5 Å². The second kappa shape index (κ2) is 6.65. The van der Waals surface area contributed by atoms with Crippen LogP contribution in [0.3, 0.4) is 0 Å². The van der Waals surface area contributed by atoms with E-state index in [1.165, 1.54) is 6.20 Å². The molecule has 6 heteroatoms. The zero-order valence-corrected chi connectivity index (χ0v) is 13.9. The molecular weight excluding hydrogens is 326 g/mol. The fourth-order valence-corrected chi connectivity index (χ4v) is 3.02. The molecule has 1 amide bonds. The van der Waals surface area contributed by atoms with E-state index in [-0.39, 0.29) is 5.91 Å². The molecule has 26 heavy (non-hydrogen) atoms. The third-order valence-corrected chi connectivity index (χ3v) is 4.29. The number of fused-ring (bicyclic) bond motifs is 1. The van der Waals surface area contributed by atoms with Gasteiger partial charge in [0.2, 0.25) is 0 Å². The second-order valence-corrected chi connectivity index (χ2v) is 5.96. The standard InChI is InChI=1S/C20H15N5O/c21-11-14-3-6-19(23-12-14)24-17-4-5-18-15(10-17)7-9-25(18)20(26)16-2-1-8-22-13-16/h1-6,8,10,12-13H,7,9H2,(H,23,24). The molecule has 0 atom stereocenters. The molecule has 126 valence electrons. The van der Waals surface area contributed by atoms with E-state index >= 15 is 0 Å². The number of nitrogens with one attached hydrogen (secondary N) is 1. The number of carbonyl (C=O) groups excluding carboxylic acids is 1. The topological polar surface area (TPSA) is 81.9 Å². The molecule has 4 rings (SSSR count). The van der Waals surface area contributed by atoms with E-state index in [9.17, 15) is 4.79 Å². The summed E-state index contributed by atoms with van der Waals surface area (Å²) in [6.07, 6.45) is 5.58. The number of nitrogens with zero attached hydrogens (tertiary/aromatic N) is 4. The van der Waals surface area contributed by atoms with Crippen LogP contribution >= 0.6 is 0 Å². The van der Waals surface area contributed by atoms with E-state index in [1.54, 1.807) is 41.6 Å². The fourth-order valence-electron chi connectivity index (χ4n) is 3.02. The SMILES string of the molecule is N#Cc1ccc(Nc2ccc3c(c2)CCN3C(=O)c2cccnc2)nc1. The Labute approximate surface area is 150 Å². The van der Waals surface area contributed by atoms with Gasteiger partial charge in [0.1, 0.15) is 11.9 Å². The van der Waals surface area contributed by atoms with E-state index in [0.717, 1.165) is 23.4 Å². The Morgan fingerprint density at radius 2 is 2.12 bits per heavy atom. The van der Waals surface area contributed by atoms with Crippen molar-refractivity contribution in [3.63, 3.8) is 0 Å². The maximum Gasteiger partial charge on any atom is 0.259 e. The molecule has 1 aliphatic rings. The van der Waals surface area contributed by atoms with E-state index in [1.807, 2.05) is 24.3 Å². The van der Waals surface area contributed by atoms with Crippen molar-refractivity contribution in [3.05, 3.63) is 77.7 Å². The van der Waals surface area contributed by atoms with E-state index in [4.69, 9.17) is 5.26 Å². The lowest BCUT2D eigenvalue weighted by molar-refractivity contribution is 0.0989. The highest BCUT2D eigenvalue weighted by molar-refractivity contribution is 6.07. The number of benzene rings is 1. The number of anilines is 3. The molecule has 1 aromatic carbocycles. The molecule has 0 saturated carbocycles. The summed E-state index contributed by atoms with van der Waals surface area (Å²) in [4.78, 5) is 22.7. The first-order valence-electron chi connectivity index (χ1n) is 8.22. The van der Waals surface area contributed by atoms with Crippen LogP contribution in [0, 0.1) is 11.3 Å². The van der Waals surface area contributed by atoms with E-state index in [2.05, 4.69) is 15.3 Å². The van der Waals surface area contributed by atoms with Crippen LogP contribution in [-0.4, -0.2) is 22.4 Å². The highest BCUT2D eigenvalue weighted by Gasteiger charge is 2.25. The number of amides is 1. The normalized spacial score (nSPS) is 12.3. The molecule has 3 aromatic rings. The monoisotopic (exact) mass is 341 g/mol. The number of nitriles is 1. The minimum atomic E-state index is -0.0358. The molecule has 0 unspecified atom stereocenters.